The van der Waals surface area contributed by atoms with E-state index < -0.39 is 6.04 Å². The van der Waals surface area contributed by atoms with E-state index in [-0.39, 0.29) is 30.3 Å². The first-order chi connectivity index (χ1) is 14.5. The molecule has 7 heteroatoms. The molecule has 1 fully saturated rings. The quantitative estimate of drug-likeness (QED) is 0.389. The van der Waals surface area contributed by atoms with Gasteiger partial charge in [0.25, 0.3) is 5.91 Å². The third kappa shape index (κ3) is 5.40. The van der Waals surface area contributed by atoms with Crippen LogP contribution in [-0.2, 0) is 16.0 Å². The van der Waals surface area contributed by atoms with E-state index in [0.717, 1.165) is 42.1 Å². The fourth-order valence-corrected chi connectivity index (χ4v) is 3.95. The number of H-pyrrole nitrogens is 1. The van der Waals surface area contributed by atoms with Crippen LogP contribution in [0.2, 0.25) is 0 Å². The van der Waals surface area contributed by atoms with Crippen molar-refractivity contribution in [2.24, 2.45) is 0 Å². The summed E-state index contributed by atoms with van der Waals surface area (Å²) in [5.74, 6) is -0.318. The van der Waals surface area contributed by atoms with Crippen molar-refractivity contribution in [3.05, 3.63) is 36.0 Å². The highest BCUT2D eigenvalue weighted by molar-refractivity contribution is 6.04. The molecule has 1 aliphatic rings. The number of carbonyl (C=O) groups excluding carboxylic acids is 3. The number of carbonyl (C=O) groups is 3. The first-order valence-corrected chi connectivity index (χ1v) is 11.0. The van der Waals surface area contributed by atoms with Gasteiger partial charge in [-0.25, -0.2) is 4.79 Å². The largest absolute Gasteiger partial charge is 0.361 e. The molecule has 1 aliphatic heterocycles. The van der Waals surface area contributed by atoms with Gasteiger partial charge < -0.3 is 15.6 Å². The van der Waals surface area contributed by atoms with Crippen molar-refractivity contribution in [1.82, 2.24) is 20.5 Å². The number of amides is 4. The third-order valence-electron chi connectivity index (χ3n) is 5.69. The third-order valence-corrected chi connectivity index (χ3v) is 5.69. The van der Waals surface area contributed by atoms with E-state index >= 15 is 0 Å². The van der Waals surface area contributed by atoms with E-state index in [4.69, 9.17) is 0 Å². The molecule has 3 N–H and O–H groups in total. The van der Waals surface area contributed by atoms with Gasteiger partial charge in [0, 0.05) is 36.1 Å². The van der Waals surface area contributed by atoms with Gasteiger partial charge in [-0.2, -0.15) is 0 Å². The Kier molecular flexibility index (Phi) is 7.49. The van der Waals surface area contributed by atoms with Gasteiger partial charge in [-0.05, 0) is 37.8 Å². The Hall–Kier alpha value is -2.83. The smallest absolute Gasteiger partial charge is 0.324 e. The number of fused-ring (bicyclic) bond motifs is 1. The highest BCUT2D eigenvalue weighted by atomic mass is 16.2. The van der Waals surface area contributed by atoms with Gasteiger partial charge in [-0.15, -0.1) is 0 Å². The lowest BCUT2D eigenvalue weighted by Gasteiger charge is -2.15. The summed E-state index contributed by atoms with van der Waals surface area (Å²) in [6.07, 6.45) is 7.43. The lowest BCUT2D eigenvalue weighted by Crippen LogP contribution is -2.35. The molecule has 0 radical (unpaired) electrons. The van der Waals surface area contributed by atoms with Crippen molar-refractivity contribution in [2.45, 2.75) is 70.9 Å². The number of aromatic nitrogens is 1. The minimum Gasteiger partial charge on any atom is -0.361 e. The number of aromatic amines is 1. The second-order valence-corrected chi connectivity index (χ2v) is 8.10. The van der Waals surface area contributed by atoms with Gasteiger partial charge in [-0.1, -0.05) is 44.4 Å². The summed E-state index contributed by atoms with van der Waals surface area (Å²) in [6.45, 7) is 4.48. The molecular formula is C23H32N4O3. The number of hydrogen-bond acceptors (Lipinski definition) is 3. The minimum absolute atomic E-state index is 0.0710. The van der Waals surface area contributed by atoms with E-state index in [0.29, 0.717) is 19.4 Å². The molecule has 1 aromatic heterocycles. The van der Waals surface area contributed by atoms with Gasteiger partial charge in [0.2, 0.25) is 5.91 Å². The predicted molar refractivity (Wildman–Crippen MR) is 117 cm³/mol. The Morgan fingerprint density at radius 1 is 1.23 bits per heavy atom. The molecule has 2 aromatic rings. The van der Waals surface area contributed by atoms with E-state index in [1.807, 2.05) is 37.4 Å². The summed E-state index contributed by atoms with van der Waals surface area (Å²) < 4.78 is 0. The maximum Gasteiger partial charge on any atom is 0.324 e. The molecule has 2 atom stereocenters. The number of urea groups is 1. The van der Waals surface area contributed by atoms with Crippen molar-refractivity contribution in [3.8, 4) is 0 Å². The average Bonchev–Trinajstić information content (AvgIpc) is 3.25. The molecule has 0 saturated carbocycles. The molecule has 162 valence electrons. The Morgan fingerprint density at radius 2 is 2.03 bits per heavy atom. The fraction of sp³-hybridized carbons (Fsp3) is 0.522. The lowest BCUT2D eigenvalue weighted by molar-refractivity contribution is -0.127. The SMILES string of the molecule is CCCCC[C@@H](C)NC(=O)CC[C@@H]1NC(=O)N(CCc2c[nH]c3ccccc23)C1=O. The second kappa shape index (κ2) is 10.3. The van der Waals surface area contributed by atoms with Gasteiger partial charge in [0.1, 0.15) is 6.04 Å². The van der Waals surface area contributed by atoms with E-state index in [2.05, 4.69) is 22.5 Å². The molecule has 2 heterocycles. The summed E-state index contributed by atoms with van der Waals surface area (Å²) in [7, 11) is 0. The molecule has 1 saturated heterocycles. The molecule has 0 spiro atoms. The molecular weight excluding hydrogens is 380 g/mol. The summed E-state index contributed by atoms with van der Waals surface area (Å²) in [5, 5.41) is 6.80. The van der Waals surface area contributed by atoms with E-state index in [1.165, 1.54) is 4.90 Å². The molecule has 7 nitrogen and oxygen atoms in total. The van der Waals surface area contributed by atoms with Gasteiger partial charge >= 0.3 is 6.03 Å². The van der Waals surface area contributed by atoms with Crippen LogP contribution < -0.4 is 10.6 Å². The number of hydrogen-bond donors (Lipinski definition) is 3. The monoisotopic (exact) mass is 412 g/mol. The fourth-order valence-electron chi connectivity index (χ4n) is 3.95. The van der Waals surface area contributed by atoms with E-state index in [1.54, 1.807) is 0 Å². The zero-order chi connectivity index (χ0) is 21.5. The van der Waals surface area contributed by atoms with Crippen molar-refractivity contribution in [3.63, 3.8) is 0 Å². The minimum atomic E-state index is -0.624. The normalized spacial score (nSPS) is 17.4. The van der Waals surface area contributed by atoms with Gasteiger partial charge in [0.15, 0.2) is 0 Å². The zero-order valence-electron chi connectivity index (χ0n) is 17.9. The molecule has 0 unspecified atom stereocenters. The Labute approximate surface area is 177 Å². The number of imide groups is 1. The van der Waals surface area contributed by atoms with Crippen LogP contribution in [-0.4, -0.2) is 46.4 Å². The molecule has 3 rings (SSSR count). The lowest BCUT2D eigenvalue weighted by atomic mass is 10.1. The first kappa shape index (κ1) is 21.9. The van der Waals surface area contributed by atoms with Crippen LogP contribution in [0.25, 0.3) is 10.9 Å². The number of nitrogens with zero attached hydrogens (tertiary/aromatic N) is 1. The Morgan fingerprint density at radius 3 is 2.83 bits per heavy atom. The van der Waals surface area contributed by atoms with Crippen LogP contribution in [0.15, 0.2) is 30.5 Å². The van der Waals surface area contributed by atoms with Gasteiger partial charge in [-0.3, -0.25) is 14.5 Å². The van der Waals surface area contributed by atoms with Crippen molar-refractivity contribution < 1.29 is 14.4 Å². The van der Waals surface area contributed by atoms with Crippen molar-refractivity contribution >= 4 is 28.7 Å². The van der Waals surface area contributed by atoms with Crippen LogP contribution in [0.1, 0.15) is 57.9 Å². The maximum absolute atomic E-state index is 12.7. The highest BCUT2D eigenvalue weighted by Gasteiger charge is 2.37. The number of benzene rings is 1. The average molecular weight is 413 g/mol. The maximum atomic E-state index is 12.7. The van der Waals surface area contributed by atoms with Gasteiger partial charge in [0.05, 0.1) is 0 Å². The highest BCUT2D eigenvalue weighted by Crippen LogP contribution is 2.19. The first-order valence-electron chi connectivity index (χ1n) is 11.0. The van der Waals surface area contributed by atoms with Crippen LogP contribution in [0, 0.1) is 0 Å². The number of unbranched alkanes of at least 4 members (excludes halogenated alkanes) is 2. The zero-order valence-corrected chi connectivity index (χ0v) is 17.9. The summed E-state index contributed by atoms with van der Waals surface area (Å²) in [6, 6.07) is 7.09. The summed E-state index contributed by atoms with van der Waals surface area (Å²) >= 11 is 0. The topological polar surface area (TPSA) is 94.3 Å². The van der Waals surface area contributed by atoms with Crippen LogP contribution in [0.5, 0.6) is 0 Å². The van der Waals surface area contributed by atoms with E-state index in [9.17, 15) is 14.4 Å². The van der Waals surface area contributed by atoms with Crippen molar-refractivity contribution in [1.29, 1.82) is 0 Å². The molecule has 1 aromatic carbocycles. The van der Waals surface area contributed by atoms with Crippen LogP contribution >= 0.6 is 0 Å². The van der Waals surface area contributed by atoms with Crippen molar-refractivity contribution in [2.75, 3.05) is 6.54 Å². The number of nitrogens with one attached hydrogen (secondary N) is 3. The standard InChI is InChI=1S/C23H32N4O3/c1-3-4-5-8-16(2)25-21(28)12-11-20-22(29)27(23(30)26-20)14-13-17-15-24-19-10-7-6-9-18(17)19/h6-7,9-10,15-16,20,24H,3-5,8,11-14H2,1-2H3,(H,25,28)(H,26,30)/t16-,20+/m1/s1. The molecule has 0 bridgehead atoms. The summed E-state index contributed by atoms with van der Waals surface area (Å²) in [5.41, 5.74) is 2.11. The Balaban J connectivity index is 1.45. The molecule has 30 heavy (non-hydrogen) atoms. The summed E-state index contributed by atoms with van der Waals surface area (Å²) in [4.78, 5) is 41.6. The molecule has 4 amide bonds. The van der Waals surface area contributed by atoms with Crippen LogP contribution in [0.4, 0.5) is 4.79 Å². The second-order valence-electron chi connectivity index (χ2n) is 8.10. The number of para-hydroxylation sites is 1. The molecule has 0 aliphatic carbocycles. The van der Waals surface area contributed by atoms with Crippen LogP contribution in [0.3, 0.4) is 0 Å². The number of rotatable bonds is 11. The predicted octanol–water partition coefficient (Wildman–Crippen LogP) is 3.50. The Bertz CT molecular complexity index is 891.